The zero-order valence-corrected chi connectivity index (χ0v) is 14.1. The SMILES string of the molecule is C[C@H]1[C@H](CC(N)=O)O[C@@H]2O[C@]3(C)CC[C@H]4[C@H](C)CC[C@@H]1[C@@]24OO3. The van der Waals surface area contributed by atoms with E-state index in [0.717, 1.165) is 25.7 Å². The van der Waals surface area contributed by atoms with Gasteiger partial charge in [-0.1, -0.05) is 13.8 Å². The molecule has 0 aromatic carbocycles. The van der Waals surface area contributed by atoms with Gasteiger partial charge in [0.05, 0.1) is 12.5 Å². The lowest BCUT2D eigenvalue weighted by Crippen LogP contribution is -2.70. The maximum atomic E-state index is 11.4. The summed E-state index contributed by atoms with van der Waals surface area (Å²) in [6.07, 6.45) is 3.54. The summed E-state index contributed by atoms with van der Waals surface area (Å²) >= 11 is 0. The Hall–Kier alpha value is -0.690. The Bertz CT molecular complexity index is 513. The fraction of sp³-hybridized carbons (Fsp3) is 0.941. The first-order valence-electron chi connectivity index (χ1n) is 8.84. The van der Waals surface area contributed by atoms with Crippen LogP contribution in [0.25, 0.3) is 0 Å². The van der Waals surface area contributed by atoms with Crippen molar-refractivity contribution in [3.05, 3.63) is 0 Å². The van der Waals surface area contributed by atoms with E-state index in [1.54, 1.807) is 0 Å². The number of carbonyl (C=O) groups excluding carboxylic acids is 1. The van der Waals surface area contributed by atoms with Crippen LogP contribution in [0.3, 0.4) is 0 Å². The van der Waals surface area contributed by atoms with Crippen LogP contribution in [-0.2, 0) is 24.0 Å². The van der Waals surface area contributed by atoms with Crippen molar-refractivity contribution < 1.29 is 24.0 Å². The summed E-state index contributed by atoms with van der Waals surface area (Å²) in [4.78, 5) is 23.2. The lowest BCUT2D eigenvalue weighted by atomic mass is 9.57. The third-order valence-corrected chi connectivity index (χ3v) is 6.70. The molecule has 6 nitrogen and oxygen atoms in total. The Morgan fingerprint density at radius 2 is 1.96 bits per heavy atom. The molecule has 5 rings (SSSR count). The van der Waals surface area contributed by atoms with Crippen LogP contribution in [-0.4, -0.2) is 29.7 Å². The topological polar surface area (TPSA) is 80.0 Å². The van der Waals surface area contributed by atoms with E-state index in [4.69, 9.17) is 25.0 Å². The van der Waals surface area contributed by atoms with Crippen LogP contribution in [0.15, 0.2) is 0 Å². The van der Waals surface area contributed by atoms with E-state index in [1.165, 1.54) is 0 Å². The van der Waals surface area contributed by atoms with Crippen LogP contribution in [0.1, 0.15) is 52.9 Å². The highest BCUT2D eigenvalue weighted by atomic mass is 17.3. The van der Waals surface area contributed by atoms with Gasteiger partial charge in [0.15, 0.2) is 11.9 Å². The van der Waals surface area contributed by atoms with Crippen LogP contribution in [0.4, 0.5) is 0 Å². The van der Waals surface area contributed by atoms with Crippen molar-refractivity contribution in [3.63, 3.8) is 0 Å². The fourth-order valence-corrected chi connectivity index (χ4v) is 5.41. The third kappa shape index (κ3) is 2.18. The van der Waals surface area contributed by atoms with E-state index < -0.39 is 17.7 Å². The maximum absolute atomic E-state index is 11.4. The highest BCUT2D eigenvalue weighted by Crippen LogP contribution is 2.60. The molecule has 8 atom stereocenters. The average molecular weight is 325 g/mol. The molecule has 1 aliphatic carbocycles. The standard InChI is InChI=1S/C17H27NO5/c1-9-4-5-12-10(2)13(8-14(18)19)20-15-17(12)11(9)6-7-16(3,21-15)22-23-17/h9-13,15H,4-8H2,1-3H3,(H2,18,19)/t9-,10-,11+,12+,13+,15-,16+,17-/m1/s1. The van der Waals surface area contributed by atoms with Crippen LogP contribution >= 0.6 is 0 Å². The molecule has 5 aliphatic rings. The summed E-state index contributed by atoms with van der Waals surface area (Å²) in [5.74, 6) is 0.242. The lowest BCUT2D eigenvalue weighted by molar-refractivity contribution is -0.570. The van der Waals surface area contributed by atoms with Gasteiger partial charge in [-0.15, -0.1) is 0 Å². The molecule has 5 fully saturated rings. The van der Waals surface area contributed by atoms with Crippen molar-refractivity contribution >= 4 is 5.91 Å². The zero-order chi connectivity index (χ0) is 16.4. The predicted molar refractivity (Wildman–Crippen MR) is 80.6 cm³/mol. The first-order chi connectivity index (χ1) is 10.9. The number of primary amides is 1. The second-order valence-electron chi connectivity index (χ2n) is 8.11. The van der Waals surface area contributed by atoms with Gasteiger partial charge in [0.1, 0.15) is 0 Å². The second kappa shape index (κ2) is 5.15. The van der Waals surface area contributed by atoms with Crippen LogP contribution in [0, 0.1) is 23.7 Å². The van der Waals surface area contributed by atoms with Gasteiger partial charge < -0.3 is 15.2 Å². The quantitative estimate of drug-likeness (QED) is 0.787. The number of rotatable bonds is 2. The average Bonchev–Trinajstić information content (AvgIpc) is 2.70. The highest BCUT2D eigenvalue weighted by Gasteiger charge is 2.69. The molecule has 2 bridgehead atoms. The molecule has 130 valence electrons. The van der Waals surface area contributed by atoms with Crippen molar-refractivity contribution in [2.24, 2.45) is 29.4 Å². The molecule has 0 aromatic rings. The van der Waals surface area contributed by atoms with E-state index in [9.17, 15) is 4.79 Å². The van der Waals surface area contributed by atoms with Gasteiger partial charge in [-0.25, -0.2) is 9.78 Å². The van der Waals surface area contributed by atoms with Crippen molar-refractivity contribution in [2.45, 2.75) is 76.7 Å². The molecule has 2 N–H and O–H groups in total. The van der Waals surface area contributed by atoms with E-state index in [0.29, 0.717) is 11.8 Å². The van der Waals surface area contributed by atoms with Crippen molar-refractivity contribution in [3.8, 4) is 0 Å². The van der Waals surface area contributed by atoms with Crippen molar-refractivity contribution in [1.29, 1.82) is 0 Å². The molecule has 1 spiro atoms. The summed E-state index contributed by atoms with van der Waals surface area (Å²) in [5.41, 5.74) is 4.86. The lowest BCUT2D eigenvalue weighted by Gasteiger charge is -2.60. The van der Waals surface area contributed by atoms with Gasteiger partial charge in [0.2, 0.25) is 11.7 Å². The zero-order valence-electron chi connectivity index (χ0n) is 14.1. The van der Waals surface area contributed by atoms with E-state index in [-0.39, 0.29) is 30.3 Å². The number of carbonyl (C=O) groups is 1. The molecule has 0 aromatic heterocycles. The second-order valence-corrected chi connectivity index (χ2v) is 8.11. The monoisotopic (exact) mass is 325 g/mol. The van der Waals surface area contributed by atoms with E-state index in [1.807, 2.05) is 6.92 Å². The minimum Gasteiger partial charge on any atom is -0.370 e. The number of nitrogens with two attached hydrogens (primary N) is 1. The fourth-order valence-electron chi connectivity index (χ4n) is 5.41. The molecule has 4 saturated heterocycles. The smallest absolute Gasteiger partial charge is 0.220 e. The molecule has 0 unspecified atom stereocenters. The molecule has 1 saturated carbocycles. The third-order valence-electron chi connectivity index (χ3n) is 6.70. The molecule has 6 heteroatoms. The van der Waals surface area contributed by atoms with Gasteiger partial charge in [-0.05, 0) is 43.9 Å². The summed E-state index contributed by atoms with van der Waals surface area (Å²) in [7, 11) is 0. The Balaban J connectivity index is 1.74. The van der Waals surface area contributed by atoms with Gasteiger partial charge in [0, 0.05) is 12.3 Å². The minimum atomic E-state index is -0.768. The van der Waals surface area contributed by atoms with E-state index >= 15 is 0 Å². The Kier molecular flexibility index (Phi) is 3.54. The summed E-state index contributed by atoms with van der Waals surface area (Å²) in [5, 5.41) is 0. The molecule has 0 radical (unpaired) electrons. The maximum Gasteiger partial charge on any atom is 0.220 e. The molecule has 23 heavy (non-hydrogen) atoms. The van der Waals surface area contributed by atoms with Crippen LogP contribution in [0.5, 0.6) is 0 Å². The van der Waals surface area contributed by atoms with Gasteiger partial charge in [-0.2, -0.15) is 0 Å². The Morgan fingerprint density at radius 1 is 1.17 bits per heavy atom. The molecule has 1 amide bonds. The number of hydrogen-bond acceptors (Lipinski definition) is 5. The van der Waals surface area contributed by atoms with Crippen molar-refractivity contribution in [1.82, 2.24) is 0 Å². The predicted octanol–water partition coefficient (Wildman–Crippen LogP) is 2.11. The van der Waals surface area contributed by atoms with Crippen LogP contribution < -0.4 is 5.73 Å². The number of hydrogen-bond donors (Lipinski definition) is 1. The van der Waals surface area contributed by atoms with Crippen molar-refractivity contribution in [2.75, 3.05) is 0 Å². The molecular weight excluding hydrogens is 298 g/mol. The minimum absolute atomic E-state index is 0.184. The molecule has 4 aliphatic heterocycles. The van der Waals surface area contributed by atoms with Gasteiger partial charge in [-0.3, -0.25) is 4.79 Å². The first kappa shape index (κ1) is 15.8. The largest absolute Gasteiger partial charge is 0.370 e. The Morgan fingerprint density at radius 3 is 2.70 bits per heavy atom. The summed E-state index contributed by atoms with van der Waals surface area (Å²) in [6, 6.07) is 0. The number of ether oxygens (including phenoxy) is 2. The number of fused-ring (bicyclic) bond motifs is 2. The summed E-state index contributed by atoms with van der Waals surface area (Å²) < 4.78 is 12.5. The molecule has 4 heterocycles. The van der Waals surface area contributed by atoms with Gasteiger partial charge in [0.25, 0.3) is 0 Å². The summed E-state index contributed by atoms with van der Waals surface area (Å²) in [6.45, 7) is 6.33. The molecular formula is C17H27NO5. The Labute approximate surface area is 136 Å². The first-order valence-corrected chi connectivity index (χ1v) is 8.84. The highest BCUT2D eigenvalue weighted by molar-refractivity contribution is 5.74. The van der Waals surface area contributed by atoms with E-state index in [2.05, 4.69) is 13.8 Å². The van der Waals surface area contributed by atoms with Crippen LogP contribution in [0.2, 0.25) is 0 Å². The normalized spacial score (nSPS) is 55.1. The van der Waals surface area contributed by atoms with Gasteiger partial charge >= 0.3 is 0 Å². The number of amides is 1.